The van der Waals surface area contributed by atoms with E-state index in [1.165, 1.54) is 6.07 Å². The quantitative estimate of drug-likeness (QED) is 0.514. The molecule has 0 N–H and O–H groups in total. The Hall–Kier alpha value is -3.34. The van der Waals surface area contributed by atoms with Crippen molar-refractivity contribution in [3.05, 3.63) is 74.9 Å². The molecule has 2 aromatic carbocycles. The van der Waals surface area contributed by atoms with Crippen LogP contribution in [0.2, 0.25) is 0 Å². The van der Waals surface area contributed by atoms with Gasteiger partial charge in [-0.15, -0.1) is 0 Å². The molecule has 0 bridgehead atoms. The van der Waals surface area contributed by atoms with Crippen LogP contribution in [0.1, 0.15) is 5.56 Å². The van der Waals surface area contributed by atoms with Crippen molar-refractivity contribution in [1.29, 1.82) is 0 Å². The molecule has 0 aliphatic carbocycles. The lowest BCUT2D eigenvalue weighted by atomic mass is 10.0. The summed E-state index contributed by atoms with van der Waals surface area (Å²) in [6.45, 7) is 1.84. The van der Waals surface area contributed by atoms with Crippen LogP contribution in [0.5, 0.6) is 0 Å². The summed E-state index contributed by atoms with van der Waals surface area (Å²) in [6.07, 6.45) is 0. The van der Waals surface area contributed by atoms with Gasteiger partial charge in [0.25, 0.3) is 0 Å². The van der Waals surface area contributed by atoms with Crippen LogP contribution in [-0.2, 0) is 0 Å². The summed E-state index contributed by atoms with van der Waals surface area (Å²) in [5.74, 6) is 0. The third-order valence-electron chi connectivity index (χ3n) is 4.50. The lowest BCUT2D eigenvalue weighted by molar-refractivity contribution is 0.559. The summed E-state index contributed by atoms with van der Waals surface area (Å²) in [7, 11) is 3.87. The van der Waals surface area contributed by atoms with Crippen molar-refractivity contribution in [2.75, 3.05) is 19.0 Å². The van der Waals surface area contributed by atoms with E-state index in [-0.39, 0.29) is 5.63 Å². The number of nitrogens with zero attached hydrogens (tertiary/aromatic N) is 1. The number of aryl methyl sites for hydroxylation is 1. The van der Waals surface area contributed by atoms with Crippen LogP contribution in [-0.4, -0.2) is 14.1 Å². The van der Waals surface area contributed by atoms with E-state index in [1.54, 1.807) is 12.1 Å². The predicted molar refractivity (Wildman–Crippen MR) is 103 cm³/mol. The molecule has 0 saturated heterocycles. The van der Waals surface area contributed by atoms with Crippen LogP contribution < -0.4 is 16.2 Å². The smallest absolute Gasteiger partial charge is 0.344 e. The molecule has 0 fully saturated rings. The molecule has 0 unspecified atom stereocenters. The largest absolute Gasteiger partial charge is 0.423 e. The van der Waals surface area contributed by atoms with Crippen LogP contribution in [0, 0.1) is 6.92 Å². The summed E-state index contributed by atoms with van der Waals surface area (Å²) in [5.41, 5.74) is 3.23. The highest BCUT2D eigenvalue weighted by Crippen LogP contribution is 2.27. The Morgan fingerprint density at radius 3 is 2.42 bits per heavy atom. The van der Waals surface area contributed by atoms with Crippen LogP contribution in [0.25, 0.3) is 33.1 Å². The molecule has 26 heavy (non-hydrogen) atoms. The average molecular weight is 347 g/mol. The Labute approximate surface area is 149 Å². The van der Waals surface area contributed by atoms with Crippen molar-refractivity contribution < 1.29 is 8.83 Å². The van der Waals surface area contributed by atoms with Gasteiger partial charge in [-0.2, -0.15) is 0 Å². The molecule has 0 amide bonds. The maximum absolute atomic E-state index is 12.5. The van der Waals surface area contributed by atoms with E-state index in [0.29, 0.717) is 16.7 Å². The van der Waals surface area contributed by atoms with Gasteiger partial charge < -0.3 is 13.7 Å². The molecule has 0 aliphatic heterocycles. The summed E-state index contributed by atoms with van der Waals surface area (Å²) >= 11 is 0. The second-order valence-electron chi connectivity index (χ2n) is 6.52. The highest BCUT2D eigenvalue weighted by molar-refractivity contribution is 5.88. The summed E-state index contributed by atoms with van der Waals surface area (Å²) < 4.78 is 10.8. The predicted octanol–water partition coefficient (Wildman–Crippen LogP) is 3.94. The first-order chi connectivity index (χ1) is 12.4. The van der Waals surface area contributed by atoms with Gasteiger partial charge in [0, 0.05) is 42.7 Å². The molecule has 0 aliphatic rings. The van der Waals surface area contributed by atoms with Gasteiger partial charge in [0.1, 0.15) is 11.2 Å². The molecule has 2 heterocycles. The van der Waals surface area contributed by atoms with Crippen molar-refractivity contribution in [1.82, 2.24) is 0 Å². The van der Waals surface area contributed by atoms with E-state index in [2.05, 4.69) is 0 Å². The summed E-state index contributed by atoms with van der Waals surface area (Å²) in [4.78, 5) is 26.0. The van der Waals surface area contributed by atoms with Gasteiger partial charge >= 0.3 is 11.3 Å². The van der Waals surface area contributed by atoms with Crippen molar-refractivity contribution in [3.8, 4) is 11.1 Å². The average Bonchev–Trinajstić information content (AvgIpc) is 2.60. The van der Waals surface area contributed by atoms with E-state index in [0.717, 1.165) is 27.6 Å². The maximum atomic E-state index is 12.5. The summed E-state index contributed by atoms with van der Waals surface area (Å²) in [6, 6.07) is 14.3. The topological polar surface area (TPSA) is 63.7 Å². The molecule has 4 aromatic rings. The van der Waals surface area contributed by atoms with E-state index in [9.17, 15) is 9.59 Å². The normalized spacial score (nSPS) is 11.2. The first-order valence-electron chi connectivity index (χ1n) is 8.22. The second kappa shape index (κ2) is 5.88. The SMILES string of the molecule is Cc1cc(=O)oc2ccc(-c3cc4ccc(N(C)C)cc4oc3=O)cc12. The zero-order chi connectivity index (χ0) is 18.4. The fourth-order valence-corrected chi connectivity index (χ4v) is 3.07. The van der Waals surface area contributed by atoms with Gasteiger partial charge in [0.15, 0.2) is 0 Å². The van der Waals surface area contributed by atoms with Crippen LogP contribution in [0.4, 0.5) is 5.69 Å². The fraction of sp³-hybridized carbons (Fsp3) is 0.143. The van der Waals surface area contributed by atoms with E-state index < -0.39 is 5.63 Å². The molecule has 5 nitrogen and oxygen atoms in total. The molecule has 4 rings (SSSR count). The van der Waals surface area contributed by atoms with Gasteiger partial charge in [0.05, 0.1) is 5.56 Å². The standard InChI is InChI=1S/C21H17NO4/c1-12-8-20(23)25-18-7-5-13(9-16(12)18)17-10-14-4-6-15(22(2)3)11-19(14)26-21(17)24/h4-11H,1-3H3. The minimum absolute atomic E-state index is 0.385. The molecular weight excluding hydrogens is 330 g/mol. The third kappa shape index (κ3) is 2.67. The van der Waals surface area contributed by atoms with Crippen molar-refractivity contribution in [2.45, 2.75) is 6.92 Å². The number of hydrogen-bond acceptors (Lipinski definition) is 5. The summed E-state index contributed by atoms with van der Waals surface area (Å²) in [5, 5.41) is 1.64. The minimum Gasteiger partial charge on any atom is -0.423 e. The van der Waals surface area contributed by atoms with E-state index in [4.69, 9.17) is 8.83 Å². The molecule has 130 valence electrons. The molecule has 0 radical (unpaired) electrons. The molecule has 2 aromatic heterocycles. The Bertz CT molecular complexity index is 1260. The molecule has 5 heteroatoms. The van der Waals surface area contributed by atoms with E-state index >= 15 is 0 Å². The molecule has 0 saturated carbocycles. The zero-order valence-corrected chi connectivity index (χ0v) is 14.7. The highest BCUT2D eigenvalue weighted by Gasteiger charge is 2.11. The monoisotopic (exact) mass is 347 g/mol. The molecule has 0 spiro atoms. The maximum Gasteiger partial charge on any atom is 0.344 e. The fourth-order valence-electron chi connectivity index (χ4n) is 3.07. The van der Waals surface area contributed by atoms with Gasteiger partial charge in [-0.1, -0.05) is 6.07 Å². The Morgan fingerprint density at radius 2 is 1.65 bits per heavy atom. The van der Waals surface area contributed by atoms with Gasteiger partial charge in [-0.25, -0.2) is 9.59 Å². The van der Waals surface area contributed by atoms with Crippen LogP contribution >= 0.6 is 0 Å². The Morgan fingerprint density at radius 1 is 0.846 bits per heavy atom. The van der Waals surface area contributed by atoms with Crippen molar-refractivity contribution in [3.63, 3.8) is 0 Å². The van der Waals surface area contributed by atoms with Gasteiger partial charge in [0.2, 0.25) is 0 Å². The minimum atomic E-state index is -0.400. The zero-order valence-electron chi connectivity index (χ0n) is 14.7. The molecular formula is C21H17NO4. The Kier molecular flexibility index (Phi) is 3.65. The van der Waals surface area contributed by atoms with E-state index in [1.807, 2.05) is 56.3 Å². The first kappa shape index (κ1) is 16.1. The van der Waals surface area contributed by atoms with Gasteiger partial charge in [-0.05, 0) is 48.4 Å². The number of fused-ring (bicyclic) bond motifs is 2. The van der Waals surface area contributed by atoms with Gasteiger partial charge in [-0.3, -0.25) is 0 Å². The lowest BCUT2D eigenvalue weighted by Gasteiger charge is -2.12. The van der Waals surface area contributed by atoms with Crippen LogP contribution in [0.3, 0.4) is 0 Å². The second-order valence-corrected chi connectivity index (χ2v) is 6.52. The Balaban J connectivity index is 1.92. The third-order valence-corrected chi connectivity index (χ3v) is 4.50. The lowest BCUT2D eigenvalue weighted by Crippen LogP contribution is -2.08. The van der Waals surface area contributed by atoms with Crippen LogP contribution in [0.15, 0.2) is 67.0 Å². The number of benzene rings is 2. The number of anilines is 1. The van der Waals surface area contributed by atoms with Crippen molar-refractivity contribution >= 4 is 27.6 Å². The highest BCUT2D eigenvalue weighted by atomic mass is 16.4. The first-order valence-corrected chi connectivity index (χ1v) is 8.22. The van der Waals surface area contributed by atoms with Crippen molar-refractivity contribution in [2.24, 2.45) is 0 Å². The number of hydrogen-bond donors (Lipinski definition) is 0. The number of rotatable bonds is 2. The molecule has 0 atom stereocenters.